The van der Waals surface area contributed by atoms with Crippen LogP contribution in [0.15, 0.2) is 42.5 Å². The molecule has 2 aromatic carbocycles. The van der Waals surface area contributed by atoms with Gasteiger partial charge in [-0.1, -0.05) is 24.3 Å². The summed E-state index contributed by atoms with van der Waals surface area (Å²) in [6.07, 6.45) is -9.18. The van der Waals surface area contributed by atoms with Gasteiger partial charge in [-0.2, -0.15) is 0 Å². The van der Waals surface area contributed by atoms with Crippen molar-refractivity contribution in [3.63, 3.8) is 0 Å². The normalized spacial score (nSPS) is 26.1. The maximum absolute atomic E-state index is 12.7. The minimum absolute atomic E-state index is 0.113. The van der Waals surface area contributed by atoms with Gasteiger partial charge in [0.25, 0.3) is 0 Å². The van der Waals surface area contributed by atoms with Gasteiger partial charge in [0, 0.05) is 5.69 Å². The van der Waals surface area contributed by atoms with Crippen LogP contribution in [-0.4, -0.2) is 63.1 Å². The Morgan fingerprint density at radius 2 is 1.60 bits per heavy atom. The summed E-state index contributed by atoms with van der Waals surface area (Å²) in [5.74, 6) is -2.47. The Bertz CT molecular complexity index is 946. The van der Waals surface area contributed by atoms with E-state index in [1.54, 1.807) is 18.2 Å². The number of carboxylic acid groups (broad SMARTS) is 1. The standard InChI is InChI=1S/C21H23NO8/c1-10-6-5-9-13(11(10)2)22-14-8-4-3-7-12(14)20(28)30-21-17(25)15(23)16(24)18(29-21)19(26)27/h3-9,15-18,21-25H,1-2H3,(H,26,27)/t15-,16-,17-,18?,21-/m1/s1. The zero-order valence-electron chi connectivity index (χ0n) is 16.4. The van der Waals surface area contributed by atoms with Crippen molar-refractivity contribution in [3.8, 4) is 0 Å². The van der Waals surface area contributed by atoms with E-state index < -0.39 is 42.6 Å². The molecule has 1 fully saturated rings. The van der Waals surface area contributed by atoms with E-state index >= 15 is 0 Å². The molecule has 9 nitrogen and oxygen atoms in total. The first-order valence-corrected chi connectivity index (χ1v) is 9.26. The van der Waals surface area contributed by atoms with Gasteiger partial charge in [-0.3, -0.25) is 0 Å². The van der Waals surface area contributed by atoms with Crippen molar-refractivity contribution in [3.05, 3.63) is 59.2 Å². The van der Waals surface area contributed by atoms with Crippen LogP contribution in [0.4, 0.5) is 11.4 Å². The van der Waals surface area contributed by atoms with E-state index in [0.717, 1.165) is 16.8 Å². The first kappa shape index (κ1) is 21.7. The van der Waals surface area contributed by atoms with Gasteiger partial charge >= 0.3 is 11.9 Å². The lowest BCUT2D eigenvalue weighted by Crippen LogP contribution is -2.60. The number of para-hydroxylation sites is 1. The maximum Gasteiger partial charge on any atom is 0.342 e. The second kappa shape index (κ2) is 8.80. The Kier molecular flexibility index (Phi) is 6.37. The monoisotopic (exact) mass is 417 g/mol. The minimum atomic E-state index is -1.87. The fourth-order valence-corrected chi connectivity index (χ4v) is 3.12. The molecule has 0 radical (unpaired) electrons. The molecular formula is C21H23NO8. The number of aliphatic hydroxyl groups is 3. The second-order valence-corrected chi connectivity index (χ2v) is 7.06. The van der Waals surface area contributed by atoms with Gasteiger partial charge in [0.05, 0.1) is 11.3 Å². The third-order valence-electron chi connectivity index (χ3n) is 5.06. The molecule has 9 heteroatoms. The van der Waals surface area contributed by atoms with Crippen molar-refractivity contribution in [1.82, 2.24) is 0 Å². The molecule has 2 aromatic rings. The lowest BCUT2D eigenvalue weighted by molar-refractivity contribution is -0.278. The van der Waals surface area contributed by atoms with Gasteiger partial charge in [-0.05, 0) is 43.2 Å². The third kappa shape index (κ3) is 4.29. The Morgan fingerprint density at radius 3 is 2.30 bits per heavy atom. The SMILES string of the molecule is Cc1cccc(Nc2ccccc2C(=O)O[C@H]2OC(C(=O)O)[C@H](O)[C@@H](O)[C@H]2O)c1C. The summed E-state index contributed by atoms with van der Waals surface area (Å²) in [5.41, 5.74) is 3.38. The van der Waals surface area contributed by atoms with Crippen molar-refractivity contribution >= 4 is 23.3 Å². The number of nitrogens with one attached hydrogen (secondary N) is 1. The van der Waals surface area contributed by atoms with Crippen LogP contribution in [-0.2, 0) is 14.3 Å². The van der Waals surface area contributed by atoms with Crippen LogP contribution >= 0.6 is 0 Å². The molecule has 1 heterocycles. The second-order valence-electron chi connectivity index (χ2n) is 7.06. The summed E-state index contributed by atoms with van der Waals surface area (Å²) in [5, 5.41) is 41.9. The number of aliphatic hydroxyl groups excluding tert-OH is 3. The molecule has 5 N–H and O–H groups in total. The summed E-state index contributed by atoms with van der Waals surface area (Å²) < 4.78 is 10.1. The molecule has 0 saturated carbocycles. The van der Waals surface area contributed by atoms with Crippen LogP contribution in [0.3, 0.4) is 0 Å². The van der Waals surface area contributed by atoms with Gasteiger partial charge in [0.15, 0.2) is 6.10 Å². The van der Waals surface area contributed by atoms with E-state index in [4.69, 9.17) is 14.6 Å². The number of aliphatic carboxylic acids is 1. The number of carboxylic acids is 1. The maximum atomic E-state index is 12.7. The van der Waals surface area contributed by atoms with Crippen molar-refractivity contribution < 1.29 is 39.5 Å². The number of benzene rings is 2. The number of rotatable bonds is 5. The Balaban J connectivity index is 1.82. The van der Waals surface area contributed by atoms with E-state index in [-0.39, 0.29) is 5.56 Å². The number of carbonyl (C=O) groups is 2. The van der Waals surface area contributed by atoms with Crippen molar-refractivity contribution in [1.29, 1.82) is 0 Å². The number of hydrogen-bond donors (Lipinski definition) is 5. The number of anilines is 2. The molecule has 1 aliphatic heterocycles. The average Bonchev–Trinajstić information content (AvgIpc) is 2.71. The van der Waals surface area contributed by atoms with E-state index in [0.29, 0.717) is 5.69 Å². The molecule has 0 bridgehead atoms. The van der Waals surface area contributed by atoms with E-state index in [1.165, 1.54) is 6.07 Å². The summed E-state index contributed by atoms with van der Waals surface area (Å²) in [6.45, 7) is 3.89. The van der Waals surface area contributed by atoms with Crippen molar-refractivity contribution in [2.75, 3.05) is 5.32 Å². The van der Waals surface area contributed by atoms with Crippen LogP contribution in [0.5, 0.6) is 0 Å². The van der Waals surface area contributed by atoms with E-state index in [9.17, 15) is 24.9 Å². The highest BCUT2D eigenvalue weighted by Gasteiger charge is 2.48. The molecular weight excluding hydrogens is 394 g/mol. The molecule has 30 heavy (non-hydrogen) atoms. The van der Waals surface area contributed by atoms with Crippen LogP contribution < -0.4 is 5.32 Å². The van der Waals surface area contributed by atoms with Gasteiger partial charge in [-0.25, -0.2) is 9.59 Å². The summed E-state index contributed by atoms with van der Waals surface area (Å²) >= 11 is 0. The molecule has 5 atom stereocenters. The lowest BCUT2D eigenvalue weighted by Gasteiger charge is -2.38. The van der Waals surface area contributed by atoms with Gasteiger partial charge in [-0.15, -0.1) is 0 Å². The summed E-state index contributed by atoms with van der Waals surface area (Å²) in [6, 6.07) is 12.2. The molecule has 0 spiro atoms. The first-order valence-electron chi connectivity index (χ1n) is 9.26. The predicted octanol–water partition coefficient (Wildman–Crippen LogP) is 1.10. The number of aryl methyl sites for hydroxylation is 1. The van der Waals surface area contributed by atoms with Gasteiger partial charge in [0.1, 0.15) is 18.3 Å². The topological polar surface area (TPSA) is 146 Å². The fourth-order valence-electron chi connectivity index (χ4n) is 3.12. The highest BCUT2D eigenvalue weighted by atomic mass is 16.7. The molecule has 0 amide bonds. The van der Waals surface area contributed by atoms with E-state index in [1.807, 2.05) is 32.0 Å². The highest BCUT2D eigenvalue weighted by Crippen LogP contribution is 2.28. The smallest absolute Gasteiger partial charge is 0.342 e. The molecule has 3 rings (SSSR count). The molecule has 160 valence electrons. The molecule has 1 unspecified atom stereocenters. The number of hydrogen-bond acceptors (Lipinski definition) is 8. The largest absolute Gasteiger partial charge is 0.479 e. The minimum Gasteiger partial charge on any atom is -0.479 e. The third-order valence-corrected chi connectivity index (χ3v) is 5.06. The van der Waals surface area contributed by atoms with Gasteiger partial charge in [0.2, 0.25) is 6.29 Å². The number of ether oxygens (including phenoxy) is 2. The zero-order chi connectivity index (χ0) is 22.0. The lowest BCUT2D eigenvalue weighted by atomic mass is 9.99. The van der Waals surface area contributed by atoms with Crippen LogP contribution in [0, 0.1) is 13.8 Å². The summed E-state index contributed by atoms with van der Waals surface area (Å²) in [4.78, 5) is 23.9. The fraction of sp³-hybridized carbons (Fsp3) is 0.333. The number of carbonyl (C=O) groups excluding carboxylic acids is 1. The highest BCUT2D eigenvalue weighted by molar-refractivity contribution is 5.96. The first-order chi connectivity index (χ1) is 14.2. The van der Waals surface area contributed by atoms with Crippen LogP contribution in [0.25, 0.3) is 0 Å². The van der Waals surface area contributed by atoms with Crippen molar-refractivity contribution in [2.45, 2.75) is 44.6 Å². The van der Waals surface area contributed by atoms with Crippen LogP contribution in [0.2, 0.25) is 0 Å². The van der Waals surface area contributed by atoms with Crippen LogP contribution in [0.1, 0.15) is 21.5 Å². The molecule has 0 aliphatic carbocycles. The Hall–Kier alpha value is -2.98. The Morgan fingerprint density at radius 1 is 0.933 bits per heavy atom. The van der Waals surface area contributed by atoms with Crippen molar-refractivity contribution in [2.24, 2.45) is 0 Å². The summed E-state index contributed by atoms with van der Waals surface area (Å²) in [7, 11) is 0. The average molecular weight is 417 g/mol. The molecule has 1 saturated heterocycles. The molecule has 1 aliphatic rings. The van der Waals surface area contributed by atoms with Gasteiger partial charge < -0.3 is 35.2 Å². The quantitative estimate of drug-likeness (QED) is 0.451. The zero-order valence-corrected chi connectivity index (χ0v) is 16.4. The predicted molar refractivity (Wildman–Crippen MR) is 105 cm³/mol. The number of esters is 1. The van der Waals surface area contributed by atoms with E-state index in [2.05, 4.69) is 5.32 Å². The Labute approximate surface area is 172 Å². The molecule has 0 aromatic heterocycles.